The Labute approximate surface area is 137 Å². The minimum atomic E-state index is -0.976. The van der Waals surface area contributed by atoms with Crippen LogP contribution in [0.4, 0.5) is 11.5 Å². The van der Waals surface area contributed by atoms with Crippen LogP contribution in [0.2, 0.25) is 0 Å². The lowest BCUT2D eigenvalue weighted by Crippen LogP contribution is -2.57. The lowest BCUT2D eigenvalue weighted by Gasteiger charge is -2.31. The SMILES string of the molecule is CN1c2ncc(CNc3ccc(C(=O)O)cc3)nc2C(=O)NC1N. The van der Waals surface area contributed by atoms with Crippen molar-refractivity contribution in [3.63, 3.8) is 0 Å². The number of carboxylic acids is 1. The van der Waals surface area contributed by atoms with E-state index in [4.69, 9.17) is 10.8 Å². The largest absolute Gasteiger partial charge is 0.478 e. The van der Waals surface area contributed by atoms with Crippen LogP contribution in [0.1, 0.15) is 26.5 Å². The van der Waals surface area contributed by atoms with Gasteiger partial charge in [-0.25, -0.2) is 14.8 Å². The molecule has 0 saturated heterocycles. The fraction of sp³-hybridized carbons (Fsp3) is 0.200. The first-order valence-electron chi connectivity index (χ1n) is 7.18. The Morgan fingerprint density at radius 1 is 1.42 bits per heavy atom. The highest BCUT2D eigenvalue weighted by Crippen LogP contribution is 2.19. The van der Waals surface area contributed by atoms with Gasteiger partial charge >= 0.3 is 5.97 Å². The summed E-state index contributed by atoms with van der Waals surface area (Å²) >= 11 is 0. The van der Waals surface area contributed by atoms with Gasteiger partial charge in [0, 0.05) is 12.7 Å². The van der Waals surface area contributed by atoms with Gasteiger partial charge in [-0.05, 0) is 24.3 Å². The van der Waals surface area contributed by atoms with Gasteiger partial charge in [0.15, 0.2) is 17.8 Å². The molecule has 1 aromatic heterocycles. The minimum absolute atomic E-state index is 0.213. The first-order valence-corrected chi connectivity index (χ1v) is 7.18. The van der Waals surface area contributed by atoms with E-state index in [0.29, 0.717) is 18.1 Å². The third kappa shape index (κ3) is 2.97. The number of hydrogen-bond acceptors (Lipinski definition) is 7. The number of anilines is 2. The molecule has 1 unspecified atom stereocenters. The molecule has 1 aliphatic rings. The fourth-order valence-corrected chi connectivity index (χ4v) is 2.27. The number of rotatable bonds is 4. The molecule has 1 aromatic carbocycles. The van der Waals surface area contributed by atoms with Gasteiger partial charge in [-0.15, -0.1) is 0 Å². The Kier molecular flexibility index (Phi) is 4.00. The molecular weight excluding hydrogens is 312 g/mol. The third-order valence-electron chi connectivity index (χ3n) is 3.65. The van der Waals surface area contributed by atoms with E-state index in [9.17, 15) is 9.59 Å². The molecule has 0 radical (unpaired) electrons. The summed E-state index contributed by atoms with van der Waals surface area (Å²) in [6, 6.07) is 6.34. The molecule has 9 nitrogen and oxygen atoms in total. The monoisotopic (exact) mass is 328 g/mol. The van der Waals surface area contributed by atoms with Crippen molar-refractivity contribution in [3.8, 4) is 0 Å². The number of hydrogen-bond donors (Lipinski definition) is 4. The molecule has 9 heteroatoms. The number of carbonyl (C=O) groups excluding carboxylic acids is 1. The smallest absolute Gasteiger partial charge is 0.335 e. The van der Waals surface area contributed by atoms with Crippen molar-refractivity contribution in [2.24, 2.45) is 5.73 Å². The van der Waals surface area contributed by atoms with Crippen LogP contribution in [0.5, 0.6) is 0 Å². The van der Waals surface area contributed by atoms with Crippen molar-refractivity contribution in [2.75, 3.05) is 17.3 Å². The van der Waals surface area contributed by atoms with Gasteiger partial charge < -0.3 is 20.6 Å². The molecule has 5 N–H and O–H groups in total. The number of nitrogens with two attached hydrogens (primary N) is 1. The highest BCUT2D eigenvalue weighted by atomic mass is 16.4. The Morgan fingerprint density at radius 3 is 2.79 bits per heavy atom. The summed E-state index contributed by atoms with van der Waals surface area (Å²) in [6.45, 7) is 0.343. The number of carboxylic acid groups (broad SMARTS) is 1. The van der Waals surface area contributed by atoms with Crippen molar-refractivity contribution < 1.29 is 14.7 Å². The predicted molar refractivity (Wildman–Crippen MR) is 86.6 cm³/mol. The summed E-state index contributed by atoms with van der Waals surface area (Å²) in [6.07, 6.45) is 0.940. The Balaban J connectivity index is 1.73. The summed E-state index contributed by atoms with van der Waals surface area (Å²) in [5.74, 6) is -0.910. The van der Waals surface area contributed by atoms with E-state index < -0.39 is 12.3 Å². The lowest BCUT2D eigenvalue weighted by molar-refractivity contribution is 0.0696. The maximum atomic E-state index is 12.0. The van der Waals surface area contributed by atoms with Crippen molar-refractivity contribution in [1.82, 2.24) is 15.3 Å². The van der Waals surface area contributed by atoms with Gasteiger partial charge in [0.1, 0.15) is 0 Å². The molecule has 0 aliphatic carbocycles. The van der Waals surface area contributed by atoms with Crippen LogP contribution in [-0.4, -0.2) is 40.3 Å². The first kappa shape index (κ1) is 15.7. The minimum Gasteiger partial charge on any atom is -0.478 e. The lowest BCUT2D eigenvalue weighted by atomic mass is 10.2. The second-order valence-electron chi connectivity index (χ2n) is 5.30. The number of carbonyl (C=O) groups is 2. The van der Waals surface area contributed by atoms with Gasteiger partial charge in [0.25, 0.3) is 5.91 Å². The Hall–Kier alpha value is -3.20. The normalized spacial score (nSPS) is 16.3. The number of aromatic nitrogens is 2. The fourth-order valence-electron chi connectivity index (χ4n) is 2.27. The average Bonchev–Trinajstić information content (AvgIpc) is 2.58. The first-order chi connectivity index (χ1) is 11.5. The van der Waals surface area contributed by atoms with E-state index in [2.05, 4.69) is 20.6 Å². The summed E-state index contributed by atoms with van der Waals surface area (Å²) in [7, 11) is 1.72. The zero-order valence-electron chi connectivity index (χ0n) is 12.9. The van der Waals surface area contributed by atoms with E-state index in [-0.39, 0.29) is 17.2 Å². The third-order valence-corrected chi connectivity index (χ3v) is 3.65. The predicted octanol–water partition coefficient (Wildman–Crippen LogP) is 0.209. The molecule has 24 heavy (non-hydrogen) atoms. The van der Waals surface area contributed by atoms with Crippen molar-refractivity contribution >= 4 is 23.4 Å². The number of amides is 1. The molecular formula is C15H16N6O3. The quantitative estimate of drug-likeness (QED) is 0.626. The highest BCUT2D eigenvalue weighted by molar-refractivity contribution is 5.98. The van der Waals surface area contributed by atoms with Crippen molar-refractivity contribution in [1.29, 1.82) is 0 Å². The van der Waals surface area contributed by atoms with Gasteiger partial charge in [-0.3, -0.25) is 10.5 Å². The summed E-state index contributed by atoms with van der Waals surface area (Å²) in [5.41, 5.74) is 7.51. The standard InChI is InChI=1S/C15H16N6O3/c1-21-12-11(13(22)20-15(21)16)19-10(7-18-12)6-17-9-4-2-8(3-5-9)14(23)24/h2-5,7,15,17H,6,16H2,1H3,(H,20,22)(H,23,24). The molecule has 3 rings (SSSR count). The molecule has 1 amide bonds. The molecule has 0 bridgehead atoms. The number of nitrogens with zero attached hydrogens (tertiary/aromatic N) is 3. The molecule has 124 valence electrons. The van der Waals surface area contributed by atoms with E-state index in [1.54, 1.807) is 30.3 Å². The maximum absolute atomic E-state index is 12.0. The Morgan fingerprint density at radius 2 is 2.12 bits per heavy atom. The Bertz CT molecular complexity index is 792. The van der Waals surface area contributed by atoms with Gasteiger partial charge in [-0.1, -0.05) is 0 Å². The van der Waals surface area contributed by atoms with Crippen molar-refractivity contribution in [2.45, 2.75) is 12.8 Å². The second kappa shape index (κ2) is 6.13. The van der Waals surface area contributed by atoms with Gasteiger partial charge in [-0.2, -0.15) is 0 Å². The maximum Gasteiger partial charge on any atom is 0.335 e. The van der Waals surface area contributed by atoms with Crippen LogP contribution in [0, 0.1) is 0 Å². The van der Waals surface area contributed by atoms with E-state index in [0.717, 1.165) is 5.69 Å². The number of fused-ring (bicyclic) bond motifs is 1. The summed E-state index contributed by atoms with van der Waals surface area (Å²) < 4.78 is 0. The molecule has 0 spiro atoms. The molecule has 0 fully saturated rings. The molecule has 2 heterocycles. The van der Waals surface area contributed by atoms with Crippen LogP contribution < -0.4 is 21.3 Å². The molecule has 0 saturated carbocycles. The number of aromatic carboxylic acids is 1. The van der Waals surface area contributed by atoms with Crippen LogP contribution in [0.3, 0.4) is 0 Å². The van der Waals surface area contributed by atoms with Crippen LogP contribution in [-0.2, 0) is 6.54 Å². The topological polar surface area (TPSA) is 133 Å². The van der Waals surface area contributed by atoms with E-state index in [1.165, 1.54) is 12.1 Å². The number of benzene rings is 1. The molecule has 1 atom stereocenters. The second-order valence-corrected chi connectivity index (χ2v) is 5.30. The average molecular weight is 328 g/mol. The highest BCUT2D eigenvalue weighted by Gasteiger charge is 2.28. The van der Waals surface area contributed by atoms with Gasteiger partial charge in [0.2, 0.25) is 0 Å². The zero-order valence-corrected chi connectivity index (χ0v) is 12.9. The van der Waals surface area contributed by atoms with Crippen LogP contribution in [0.15, 0.2) is 30.5 Å². The summed E-state index contributed by atoms with van der Waals surface area (Å²) in [5, 5.41) is 14.6. The molecule has 1 aliphatic heterocycles. The summed E-state index contributed by atoms with van der Waals surface area (Å²) in [4.78, 5) is 33.0. The molecule has 2 aromatic rings. The van der Waals surface area contributed by atoms with Crippen LogP contribution >= 0.6 is 0 Å². The van der Waals surface area contributed by atoms with E-state index in [1.807, 2.05) is 0 Å². The van der Waals surface area contributed by atoms with E-state index >= 15 is 0 Å². The van der Waals surface area contributed by atoms with Crippen LogP contribution in [0.25, 0.3) is 0 Å². The number of nitrogens with one attached hydrogen (secondary N) is 2. The van der Waals surface area contributed by atoms with Gasteiger partial charge in [0.05, 0.1) is 24.0 Å². The van der Waals surface area contributed by atoms with Crippen molar-refractivity contribution in [3.05, 3.63) is 47.4 Å². The zero-order chi connectivity index (χ0) is 17.3.